The molecule has 0 saturated heterocycles. The summed E-state index contributed by atoms with van der Waals surface area (Å²) in [4.78, 5) is 23.7. The molecule has 2 amide bonds. The number of amides is 2. The van der Waals surface area contributed by atoms with E-state index in [1.54, 1.807) is 20.8 Å². The highest BCUT2D eigenvalue weighted by Crippen LogP contribution is 2.76. The van der Waals surface area contributed by atoms with Crippen molar-refractivity contribution < 1.29 is 9.59 Å². The largest absolute Gasteiger partial charge is 0.275 e. The summed E-state index contributed by atoms with van der Waals surface area (Å²) < 4.78 is 0. The first-order chi connectivity index (χ1) is 8.50. The maximum atomic E-state index is 11.2. The molecule has 0 aromatic heterocycles. The molecule has 0 aromatic rings. The van der Waals surface area contributed by atoms with E-state index in [0.29, 0.717) is 17.7 Å². The topological polar surface area (TPSA) is 37.4 Å². The summed E-state index contributed by atoms with van der Waals surface area (Å²) in [5.41, 5.74) is 1.98. The Balaban J connectivity index is 0.000000119. The van der Waals surface area contributed by atoms with Crippen LogP contribution in [0.2, 0.25) is 0 Å². The molecule has 3 unspecified atom stereocenters. The summed E-state index contributed by atoms with van der Waals surface area (Å²) in [7, 11) is 0. The summed E-state index contributed by atoms with van der Waals surface area (Å²) in [5, 5.41) is 0. The molecule has 0 aromatic carbocycles. The van der Waals surface area contributed by atoms with E-state index in [-0.39, 0.29) is 11.8 Å². The highest BCUT2D eigenvalue weighted by molar-refractivity contribution is 6.18. The van der Waals surface area contributed by atoms with Gasteiger partial charge in [0.05, 0.1) is 0 Å². The predicted molar refractivity (Wildman–Crippen MR) is 68.6 cm³/mol. The Morgan fingerprint density at radius 2 is 1.83 bits per heavy atom. The van der Waals surface area contributed by atoms with Crippen LogP contribution in [0, 0.1) is 17.3 Å². The molecule has 2 bridgehead atoms. The van der Waals surface area contributed by atoms with Gasteiger partial charge in [0.15, 0.2) is 0 Å². The molecular weight excluding hydrogens is 226 g/mol. The van der Waals surface area contributed by atoms with Crippen molar-refractivity contribution in [1.29, 1.82) is 0 Å². The molecule has 18 heavy (non-hydrogen) atoms. The molecule has 0 radical (unpaired) electrons. The van der Waals surface area contributed by atoms with Gasteiger partial charge in [-0.25, -0.2) is 0 Å². The molecule has 5 rings (SSSR count). The fourth-order valence-corrected chi connectivity index (χ4v) is 3.47. The molecule has 1 aliphatic heterocycles. The Labute approximate surface area is 108 Å². The molecule has 2 saturated carbocycles. The number of hydrogen-bond donors (Lipinski definition) is 0. The van der Waals surface area contributed by atoms with E-state index in [1.807, 2.05) is 0 Å². The molecule has 5 aliphatic rings. The average Bonchev–Trinajstić information content (AvgIpc) is 2.73. The number of imide groups is 1. The zero-order valence-corrected chi connectivity index (χ0v) is 11.2. The van der Waals surface area contributed by atoms with Crippen LogP contribution in [0.15, 0.2) is 23.3 Å². The molecular formula is C15H19NO2. The van der Waals surface area contributed by atoms with Gasteiger partial charge in [-0.15, -0.1) is 0 Å². The second-order valence-corrected chi connectivity index (χ2v) is 5.88. The lowest BCUT2D eigenvalue weighted by atomic mass is 9.83. The van der Waals surface area contributed by atoms with Crippen molar-refractivity contribution in [3.63, 3.8) is 0 Å². The Kier molecular flexibility index (Phi) is 2.31. The van der Waals surface area contributed by atoms with Crippen LogP contribution >= 0.6 is 0 Å². The summed E-state index contributed by atoms with van der Waals surface area (Å²) in [6, 6.07) is 0. The minimum atomic E-state index is -0.144. The van der Waals surface area contributed by atoms with Crippen LogP contribution in [0.4, 0.5) is 0 Å². The van der Waals surface area contributed by atoms with Crippen molar-refractivity contribution in [3.8, 4) is 0 Å². The van der Waals surface area contributed by atoms with Gasteiger partial charge in [0.25, 0.3) is 11.8 Å². The minimum absolute atomic E-state index is 0.144. The lowest BCUT2D eigenvalue weighted by molar-refractivity contribution is -0.137. The maximum Gasteiger partial charge on any atom is 0.256 e. The van der Waals surface area contributed by atoms with E-state index in [0.717, 1.165) is 17.3 Å². The third kappa shape index (κ3) is 1.36. The monoisotopic (exact) mass is 245 g/mol. The molecule has 2 fully saturated rings. The lowest BCUT2D eigenvalue weighted by Crippen LogP contribution is -2.30. The van der Waals surface area contributed by atoms with E-state index in [9.17, 15) is 9.59 Å². The van der Waals surface area contributed by atoms with Crippen LogP contribution in [0.1, 0.15) is 33.6 Å². The van der Waals surface area contributed by atoms with E-state index in [1.165, 1.54) is 17.7 Å². The van der Waals surface area contributed by atoms with Crippen LogP contribution in [0.25, 0.3) is 0 Å². The van der Waals surface area contributed by atoms with Gasteiger partial charge in [0.2, 0.25) is 0 Å². The van der Waals surface area contributed by atoms with Gasteiger partial charge in [0, 0.05) is 17.7 Å². The number of rotatable bonds is 1. The first kappa shape index (κ1) is 11.7. The summed E-state index contributed by atoms with van der Waals surface area (Å²) in [5.74, 6) is 1.90. The third-order valence-corrected chi connectivity index (χ3v) is 5.00. The molecule has 1 spiro atoms. The first-order valence-electron chi connectivity index (χ1n) is 6.73. The van der Waals surface area contributed by atoms with Gasteiger partial charge in [-0.2, -0.15) is 0 Å². The molecule has 3 heteroatoms. The van der Waals surface area contributed by atoms with Crippen molar-refractivity contribution in [2.24, 2.45) is 17.3 Å². The summed E-state index contributed by atoms with van der Waals surface area (Å²) in [6.07, 6.45) is 7.91. The highest BCUT2D eigenvalue weighted by Gasteiger charge is 2.67. The van der Waals surface area contributed by atoms with E-state index >= 15 is 0 Å². The Morgan fingerprint density at radius 3 is 2.00 bits per heavy atom. The van der Waals surface area contributed by atoms with Crippen molar-refractivity contribution in [2.45, 2.75) is 33.6 Å². The third-order valence-electron chi connectivity index (χ3n) is 5.00. The average molecular weight is 245 g/mol. The maximum absolute atomic E-state index is 11.2. The molecule has 0 N–H and O–H groups in total. The molecule has 3 nitrogen and oxygen atoms in total. The van der Waals surface area contributed by atoms with Crippen LogP contribution < -0.4 is 0 Å². The minimum Gasteiger partial charge on any atom is -0.275 e. The number of nitrogens with zero attached hydrogens (tertiary/aromatic N) is 1. The quantitative estimate of drug-likeness (QED) is 0.525. The Hall–Kier alpha value is -1.38. The predicted octanol–water partition coefficient (Wildman–Crippen LogP) is 2.29. The normalized spacial score (nSPS) is 38.5. The zero-order chi connectivity index (χ0) is 13.1. The SMILES string of the molecule is C1=CC23CC1C2C3.CCN1C(=O)C(C)=C(C)C1=O. The Bertz CT molecular complexity index is 479. The van der Waals surface area contributed by atoms with Gasteiger partial charge in [-0.1, -0.05) is 12.2 Å². The van der Waals surface area contributed by atoms with Crippen molar-refractivity contribution >= 4 is 11.8 Å². The van der Waals surface area contributed by atoms with Crippen LogP contribution in [-0.2, 0) is 9.59 Å². The molecule has 96 valence electrons. The van der Waals surface area contributed by atoms with E-state index in [4.69, 9.17) is 0 Å². The van der Waals surface area contributed by atoms with Crippen molar-refractivity contribution in [2.75, 3.05) is 6.54 Å². The number of carbonyl (C=O) groups is 2. The zero-order valence-electron chi connectivity index (χ0n) is 11.2. The van der Waals surface area contributed by atoms with Crippen molar-refractivity contribution in [1.82, 2.24) is 4.90 Å². The fourth-order valence-electron chi connectivity index (χ4n) is 3.47. The summed E-state index contributed by atoms with van der Waals surface area (Å²) in [6.45, 7) is 5.63. The molecule has 4 aliphatic carbocycles. The number of likely N-dealkylation sites (N-methyl/N-ethyl adjacent to an activating group) is 1. The first-order valence-corrected chi connectivity index (χ1v) is 6.73. The smallest absolute Gasteiger partial charge is 0.256 e. The van der Waals surface area contributed by atoms with Gasteiger partial charge < -0.3 is 0 Å². The molecule has 3 atom stereocenters. The van der Waals surface area contributed by atoms with Crippen LogP contribution in [-0.4, -0.2) is 23.3 Å². The molecule has 1 heterocycles. The van der Waals surface area contributed by atoms with Crippen LogP contribution in [0.3, 0.4) is 0 Å². The number of allylic oxidation sites excluding steroid dienone is 2. The standard InChI is InChI=1S/C8H11NO2.C7H8/c1-4-9-7(10)5(2)6(3)8(9)11;1-2-7-3-5(1)6(7)4-7/h4H2,1-3H3;1-2,5-6H,3-4H2. The van der Waals surface area contributed by atoms with Crippen LogP contribution in [0.5, 0.6) is 0 Å². The Morgan fingerprint density at radius 1 is 1.22 bits per heavy atom. The second kappa shape index (κ2) is 3.56. The highest BCUT2D eigenvalue weighted by atomic mass is 16.2. The number of carbonyl (C=O) groups excluding carboxylic acids is 2. The van der Waals surface area contributed by atoms with E-state index < -0.39 is 0 Å². The second-order valence-electron chi connectivity index (χ2n) is 5.88. The fraction of sp³-hybridized carbons (Fsp3) is 0.600. The number of hydrogen-bond acceptors (Lipinski definition) is 2. The lowest BCUT2D eigenvalue weighted by Gasteiger charge is -2.21. The summed E-state index contributed by atoms with van der Waals surface area (Å²) >= 11 is 0. The van der Waals surface area contributed by atoms with Gasteiger partial charge in [0.1, 0.15) is 0 Å². The van der Waals surface area contributed by atoms with Gasteiger partial charge in [-0.3, -0.25) is 14.5 Å². The van der Waals surface area contributed by atoms with E-state index in [2.05, 4.69) is 12.2 Å². The van der Waals surface area contributed by atoms with Crippen molar-refractivity contribution in [3.05, 3.63) is 23.3 Å². The van der Waals surface area contributed by atoms with Gasteiger partial charge >= 0.3 is 0 Å². The van der Waals surface area contributed by atoms with Gasteiger partial charge in [-0.05, 0) is 50.9 Å².